The van der Waals surface area contributed by atoms with Crippen LogP contribution in [0.2, 0.25) is 0 Å². The summed E-state index contributed by atoms with van der Waals surface area (Å²) >= 11 is 0. The van der Waals surface area contributed by atoms with Crippen LogP contribution >= 0.6 is 0 Å². The van der Waals surface area contributed by atoms with Gasteiger partial charge in [0.15, 0.2) is 5.65 Å². The molecule has 2 N–H and O–H groups in total. The summed E-state index contributed by atoms with van der Waals surface area (Å²) in [5, 5.41) is 2.48. The molecule has 1 amide bonds. The largest absolute Gasteiger partial charge is 0.457 e. The number of rotatable bonds is 8. The number of hydrogen-bond donors (Lipinski definition) is 1. The molecule has 2 aromatic carbocycles. The van der Waals surface area contributed by atoms with Crippen molar-refractivity contribution < 1.29 is 9.53 Å². The lowest BCUT2D eigenvalue weighted by atomic mass is 10.1. The molecule has 0 atom stereocenters. The third-order valence-corrected chi connectivity index (χ3v) is 6.66. The molecule has 0 saturated carbocycles. The Kier molecular flexibility index (Phi) is 7.13. The fourth-order valence-corrected chi connectivity index (χ4v) is 4.84. The number of nitrogens with zero attached hydrogens (tertiary/aromatic N) is 5. The number of carbonyl (C=O) groups is 1. The Morgan fingerprint density at radius 1 is 1.00 bits per heavy atom. The van der Waals surface area contributed by atoms with Crippen LogP contribution in [-0.4, -0.2) is 51.6 Å². The highest BCUT2D eigenvalue weighted by Gasteiger charge is 2.21. The van der Waals surface area contributed by atoms with Gasteiger partial charge in [0, 0.05) is 25.2 Å². The van der Waals surface area contributed by atoms with E-state index in [0.29, 0.717) is 18.0 Å². The SMILES string of the molecule is CC(=O)N(CCCN1CCCCC1)n1cc(-c2ccc(Oc3ccccc3)cc2)c2c(N)ncnc21. The van der Waals surface area contributed by atoms with Gasteiger partial charge < -0.3 is 15.4 Å². The van der Waals surface area contributed by atoms with Crippen LogP contribution in [0.25, 0.3) is 22.2 Å². The van der Waals surface area contributed by atoms with Crippen molar-refractivity contribution in [1.82, 2.24) is 19.5 Å². The van der Waals surface area contributed by atoms with Gasteiger partial charge in [-0.15, -0.1) is 0 Å². The smallest absolute Gasteiger partial charge is 0.238 e. The number of fused-ring (bicyclic) bond motifs is 1. The molecular formula is C28H32N6O2. The quantitative estimate of drug-likeness (QED) is 0.385. The maximum absolute atomic E-state index is 12.7. The molecule has 186 valence electrons. The number of piperidine rings is 1. The summed E-state index contributed by atoms with van der Waals surface area (Å²) < 4.78 is 7.77. The first-order chi connectivity index (χ1) is 17.6. The van der Waals surface area contributed by atoms with Crippen LogP contribution in [0.3, 0.4) is 0 Å². The molecule has 3 heterocycles. The van der Waals surface area contributed by atoms with Gasteiger partial charge in [0.05, 0.1) is 5.39 Å². The topological polar surface area (TPSA) is 89.5 Å². The molecule has 4 aromatic rings. The summed E-state index contributed by atoms with van der Waals surface area (Å²) in [4.78, 5) is 23.9. The van der Waals surface area contributed by atoms with E-state index in [1.54, 1.807) is 11.9 Å². The Morgan fingerprint density at radius 3 is 2.44 bits per heavy atom. The third kappa shape index (κ3) is 5.18. The summed E-state index contributed by atoms with van der Waals surface area (Å²) in [7, 11) is 0. The van der Waals surface area contributed by atoms with Crippen molar-refractivity contribution in [2.45, 2.75) is 32.6 Å². The molecule has 0 radical (unpaired) electrons. The van der Waals surface area contributed by atoms with Crippen LogP contribution in [-0.2, 0) is 4.79 Å². The molecule has 1 aliphatic heterocycles. The minimum atomic E-state index is -0.0408. The predicted octanol–water partition coefficient (Wildman–Crippen LogP) is 4.83. The lowest BCUT2D eigenvalue weighted by Gasteiger charge is -2.28. The Labute approximate surface area is 211 Å². The second-order valence-corrected chi connectivity index (χ2v) is 9.18. The molecular weight excluding hydrogens is 452 g/mol. The van der Waals surface area contributed by atoms with Crippen molar-refractivity contribution in [3.05, 3.63) is 67.1 Å². The monoisotopic (exact) mass is 484 g/mol. The molecule has 2 aromatic heterocycles. The molecule has 8 nitrogen and oxygen atoms in total. The van der Waals surface area contributed by atoms with E-state index in [1.807, 2.05) is 65.5 Å². The van der Waals surface area contributed by atoms with Crippen molar-refractivity contribution >= 4 is 22.8 Å². The fraction of sp³-hybridized carbons (Fsp3) is 0.321. The van der Waals surface area contributed by atoms with E-state index in [-0.39, 0.29) is 5.91 Å². The van der Waals surface area contributed by atoms with E-state index in [1.165, 1.54) is 25.6 Å². The third-order valence-electron chi connectivity index (χ3n) is 6.66. The summed E-state index contributed by atoms with van der Waals surface area (Å²) in [5.41, 5.74) is 8.75. The van der Waals surface area contributed by atoms with Crippen molar-refractivity contribution in [3.8, 4) is 22.6 Å². The van der Waals surface area contributed by atoms with Crippen LogP contribution in [0.1, 0.15) is 32.6 Å². The minimum absolute atomic E-state index is 0.0408. The number of benzene rings is 2. The number of nitrogen functional groups attached to an aromatic ring is 1. The number of amides is 1. The first-order valence-corrected chi connectivity index (χ1v) is 12.6. The van der Waals surface area contributed by atoms with Gasteiger partial charge in [0.2, 0.25) is 5.91 Å². The Hall–Kier alpha value is -3.91. The molecule has 0 unspecified atom stereocenters. The molecule has 0 spiro atoms. The first kappa shape index (κ1) is 23.8. The highest BCUT2D eigenvalue weighted by atomic mass is 16.5. The summed E-state index contributed by atoms with van der Waals surface area (Å²) in [5.74, 6) is 1.86. The average Bonchev–Trinajstić information content (AvgIpc) is 3.29. The number of likely N-dealkylation sites (tertiary alicyclic amines) is 1. The lowest BCUT2D eigenvalue weighted by Crippen LogP contribution is -2.41. The zero-order valence-corrected chi connectivity index (χ0v) is 20.6. The lowest BCUT2D eigenvalue weighted by molar-refractivity contribution is -0.118. The second kappa shape index (κ2) is 10.8. The Balaban J connectivity index is 1.42. The van der Waals surface area contributed by atoms with Gasteiger partial charge in [-0.2, -0.15) is 0 Å². The molecule has 1 aliphatic rings. The number of aromatic nitrogens is 3. The summed E-state index contributed by atoms with van der Waals surface area (Å²) in [6, 6.07) is 17.5. The summed E-state index contributed by atoms with van der Waals surface area (Å²) in [6.45, 7) is 5.46. The molecule has 0 aliphatic carbocycles. The van der Waals surface area contributed by atoms with Crippen LogP contribution in [0.5, 0.6) is 11.5 Å². The molecule has 1 saturated heterocycles. The van der Waals surface area contributed by atoms with Gasteiger partial charge in [0.25, 0.3) is 0 Å². The fourth-order valence-electron chi connectivity index (χ4n) is 4.84. The second-order valence-electron chi connectivity index (χ2n) is 9.18. The molecule has 36 heavy (non-hydrogen) atoms. The van der Waals surface area contributed by atoms with E-state index < -0.39 is 0 Å². The Bertz CT molecular complexity index is 1310. The number of anilines is 1. The number of ether oxygens (including phenoxy) is 1. The van der Waals surface area contributed by atoms with E-state index in [0.717, 1.165) is 54.1 Å². The van der Waals surface area contributed by atoms with Gasteiger partial charge in [-0.3, -0.25) is 4.79 Å². The van der Waals surface area contributed by atoms with Gasteiger partial charge in [-0.05, 0) is 68.7 Å². The van der Waals surface area contributed by atoms with Crippen LogP contribution in [0.15, 0.2) is 67.1 Å². The standard InChI is InChI=1S/C28H32N6O2/c1-21(35)33(18-8-17-32-15-6-3-7-16-32)34-19-25(26-27(29)30-20-31-28(26)34)22-11-13-24(14-12-22)36-23-9-4-2-5-10-23/h2,4-5,9-14,19-20H,3,6-8,15-18H2,1H3,(H2,29,30,31). The van der Waals surface area contributed by atoms with E-state index in [9.17, 15) is 4.79 Å². The number of nitrogens with two attached hydrogens (primary N) is 1. The average molecular weight is 485 g/mol. The van der Waals surface area contributed by atoms with Crippen LogP contribution in [0, 0.1) is 0 Å². The van der Waals surface area contributed by atoms with Crippen molar-refractivity contribution in [1.29, 1.82) is 0 Å². The Morgan fingerprint density at radius 2 is 1.72 bits per heavy atom. The van der Waals surface area contributed by atoms with Gasteiger partial charge in [-0.25, -0.2) is 19.7 Å². The zero-order chi connectivity index (χ0) is 24.9. The minimum Gasteiger partial charge on any atom is -0.457 e. The predicted molar refractivity (Wildman–Crippen MR) is 143 cm³/mol. The van der Waals surface area contributed by atoms with Crippen molar-refractivity contribution in [2.75, 3.05) is 36.9 Å². The van der Waals surface area contributed by atoms with Gasteiger partial charge in [-0.1, -0.05) is 36.8 Å². The van der Waals surface area contributed by atoms with Crippen LogP contribution in [0.4, 0.5) is 5.82 Å². The normalized spacial score (nSPS) is 14.1. The van der Waals surface area contributed by atoms with Crippen molar-refractivity contribution in [3.63, 3.8) is 0 Å². The molecule has 5 rings (SSSR count). The van der Waals surface area contributed by atoms with Crippen LogP contribution < -0.4 is 15.5 Å². The zero-order valence-electron chi connectivity index (χ0n) is 20.6. The molecule has 0 bridgehead atoms. The highest BCUT2D eigenvalue weighted by Crippen LogP contribution is 2.34. The molecule has 8 heteroatoms. The number of carbonyl (C=O) groups excluding carboxylic acids is 1. The first-order valence-electron chi connectivity index (χ1n) is 12.6. The molecule has 1 fully saturated rings. The highest BCUT2D eigenvalue weighted by molar-refractivity contribution is 6.01. The maximum Gasteiger partial charge on any atom is 0.238 e. The number of para-hydroxylation sites is 1. The summed E-state index contributed by atoms with van der Waals surface area (Å²) in [6.07, 6.45) is 8.10. The van der Waals surface area contributed by atoms with E-state index in [2.05, 4.69) is 14.9 Å². The number of hydrogen-bond acceptors (Lipinski definition) is 6. The van der Waals surface area contributed by atoms with Gasteiger partial charge >= 0.3 is 0 Å². The van der Waals surface area contributed by atoms with E-state index in [4.69, 9.17) is 10.5 Å². The maximum atomic E-state index is 12.7. The van der Waals surface area contributed by atoms with Gasteiger partial charge in [0.1, 0.15) is 23.6 Å². The van der Waals surface area contributed by atoms with Crippen molar-refractivity contribution in [2.24, 2.45) is 0 Å². The van der Waals surface area contributed by atoms with E-state index >= 15 is 0 Å².